The zero-order valence-corrected chi connectivity index (χ0v) is 4.27. The fourth-order valence-corrected chi connectivity index (χ4v) is 0.155. The van der Waals surface area contributed by atoms with E-state index in [1.54, 1.807) is 0 Å². The third-order valence-corrected chi connectivity index (χ3v) is 0.368. The summed E-state index contributed by atoms with van der Waals surface area (Å²) >= 11 is 0. The van der Waals surface area contributed by atoms with Crippen molar-refractivity contribution in [1.29, 1.82) is 0 Å². The molecule has 0 aliphatic rings. The van der Waals surface area contributed by atoms with Gasteiger partial charge in [-0.25, -0.2) is 0 Å². The van der Waals surface area contributed by atoms with Gasteiger partial charge in [0.1, 0.15) is 12.7 Å². The second kappa shape index (κ2) is 5.32. The van der Waals surface area contributed by atoms with E-state index in [0.717, 1.165) is 0 Å². The van der Waals surface area contributed by atoms with Gasteiger partial charge < -0.3 is 9.84 Å². The molecule has 0 saturated carbocycles. The van der Waals surface area contributed by atoms with Crippen LogP contribution in [0, 0.1) is 12.0 Å². The average molecular weight is 100 g/mol. The highest BCUT2D eigenvalue weighted by Gasteiger charge is 1.63. The Morgan fingerprint density at radius 2 is 2.43 bits per heavy atom. The lowest BCUT2D eigenvalue weighted by Crippen LogP contribution is -1.78. The molecule has 0 aromatic heterocycles. The lowest BCUT2D eigenvalue weighted by atomic mass is 10.7. The summed E-state index contributed by atoms with van der Waals surface area (Å²) in [6.07, 6.45) is 2.28. The van der Waals surface area contributed by atoms with Crippen LogP contribution in [0.25, 0.3) is 0 Å². The molecule has 0 fully saturated rings. The number of ether oxygens (including phenoxy) is 1. The average Bonchev–Trinajstić information content (AvgIpc) is 1.69. The van der Waals surface area contributed by atoms with Gasteiger partial charge in [-0.05, 0) is 12.8 Å². The molecule has 0 saturated heterocycles. The molecular formula is C5H8O2. The Labute approximate surface area is 43.1 Å². The summed E-state index contributed by atoms with van der Waals surface area (Å²) in [5.74, 6) is 2.33. The fraction of sp³-hybridized carbons (Fsp3) is 0.600. The van der Waals surface area contributed by atoms with E-state index in [-0.39, 0.29) is 6.61 Å². The Kier molecular flexibility index (Phi) is 4.80. The predicted octanol–water partition coefficient (Wildman–Crippen LogP) is -0.0239. The number of aliphatic hydroxyl groups is 1. The predicted molar refractivity (Wildman–Crippen MR) is 26.5 cm³/mol. The minimum atomic E-state index is -0.125. The highest BCUT2D eigenvalue weighted by molar-refractivity contribution is 4.90. The summed E-state index contributed by atoms with van der Waals surface area (Å²) in [4.78, 5) is 0. The van der Waals surface area contributed by atoms with Crippen molar-refractivity contribution in [3.05, 3.63) is 0 Å². The van der Waals surface area contributed by atoms with Gasteiger partial charge in [-0.1, -0.05) is 0 Å². The van der Waals surface area contributed by atoms with Crippen LogP contribution in [-0.2, 0) is 4.74 Å². The SMILES string of the molecule is CCOC#CCO. The van der Waals surface area contributed by atoms with Crippen molar-refractivity contribution < 1.29 is 9.84 Å². The van der Waals surface area contributed by atoms with Crippen molar-refractivity contribution in [3.8, 4) is 12.0 Å². The van der Waals surface area contributed by atoms with Crippen LogP contribution in [0.2, 0.25) is 0 Å². The molecule has 0 atom stereocenters. The third-order valence-electron chi connectivity index (χ3n) is 0.368. The molecule has 0 spiro atoms. The normalized spacial score (nSPS) is 6.57. The molecule has 2 heteroatoms. The molecule has 0 aromatic carbocycles. The molecule has 0 heterocycles. The molecule has 0 aliphatic carbocycles. The van der Waals surface area contributed by atoms with E-state index < -0.39 is 0 Å². The molecule has 0 aliphatic heterocycles. The number of aliphatic hydroxyl groups excluding tert-OH is 1. The van der Waals surface area contributed by atoms with Gasteiger partial charge in [-0.15, -0.1) is 0 Å². The molecule has 0 aromatic rings. The molecule has 0 radical (unpaired) electrons. The van der Waals surface area contributed by atoms with Crippen molar-refractivity contribution in [2.75, 3.05) is 13.2 Å². The maximum absolute atomic E-state index is 8.04. The molecule has 0 bridgehead atoms. The number of hydrogen-bond acceptors (Lipinski definition) is 2. The lowest BCUT2D eigenvalue weighted by Gasteiger charge is -1.82. The van der Waals surface area contributed by atoms with E-state index in [1.807, 2.05) is 6.92 Å². The van der Waals surface area contributed by atoms with E-state index in [2.05, 4.69) is 16.8 Å². The summed E-state index contributed by atoms with van der Waals surface area (Å²) < 4.78 is 4.55. The van der Waals surface area contributed by atoms with E-state index in [1.165, 1.54) is 0 Å². The van der Waals surface area contributed by atoms with Crippen LogP contribution in [0.1, 0.15) is 6.92 Å². The van der Waals surface area contributed by atoms with Crippen molar-refractivity contribution in [2.45, 2.75) is 6.92 Å². The zero-order valence-electron chi connectivity index (χ0n) is 4.27. The molecule has 40 valence electrons. The standard InChI is InChI=1S/C5H8O2/c1-2-7-5-3-4-6/h6H,2,4H2,1H3. The second-order valence-electron chi connectivity index (χ2n) is 0.870. The molecule has 0 rings (SSSR count). The Morgan fingerprint density at radius 3 is 2.86 bits per heavy atom. The van der Waals surface area contributed by atoms with E-state index in [0.29, 0.717) is 6.61 Å². The van der Waals surface area contributed by atoms with Gasteiger partial charge in [-0.3, -0.25) is 0 Å². The Morgan fingerprint density at radius 1 is 1.71 bits per heavy atom. The van der Waals surface area contributed by atoms with Crippen LogP contribution in [0.3, 0.4) is 0 Å². The van der Waals surface area contributed by atoms with Crippen LogP contribution in [0.5, 0.6) is 0 Å². The maximum atomic E-state index is 8.04. The summed E-state index contributed by atoms with van der Waals surface area (Å²) in [5, 5.41) is 8.04. The first-order valence-electron chi connectivity index (χ1n) is 2.12. The van der Waals surface area contributed by atoms with Gasteiger partial charge in [0, 0.05) is 0 Å². The zero-order chi connectivity index (χ0) is 5.54. The van der Waals surface area contributed by atoms with Crippen LogP contribution in [0.15, 0.2) is 0 Å². The van der Waals surface area contributed by atoms with Crippen molar-refractivity contribution in [1.82, 2.24) is 0 Å². The monoisotopic (exact) mass is 100 g/mol. The van der Waals surface area contributed by atoms with Gasteiger partial charge in [-0.2, -0.15) is 0 Å². The molecule has 7 heavy (non-hydrogen) atoms. The van der Waals surface area contributed by atoms with Crippen LogP contribution in [0.4, 0.5) is 0 Å². The molecule has 0 amide bonds. The molecule has 1 N–H and O–H groups in total. The Balaban J connectivity index is 2.91. The number of rotatable bonds is 1. The van der Waals surface area contributed by atoms with Crippen LogP contribution >= 0.6 is 0 Å². The van der Waals surface area contributed by atoms with Crippen LogP contribution in [-0.4, -0.2) is 18.3 Å². The maximum Gasteiger partial charge on any atom is 0.112 e. The van der Waals surface area contributed by atoms with Gasteiger partial charge in [0.15, 0.2) is 0 Å². The highest BCUT2D eigenvalue weighted by atomic mass is 16.5. The van der Waals surface area contributed by atoms with Gasteiger partial charge in [0.05, 0.1) is 6.61 Å². The Hall–Kier alpha value is -0.680. The fourth-order valence-electron chi connectivity index (χ4n) is 0.155. The summed E-state index contributed by atoms with van der Waals surface area (Å²) in [7, 11) is 0. The van der Waals surface area contributed by atoms with Crippen molar-refractivity contribution >= 4 is 0 Å². The number of hydrogen-bond donors (Lipinski definition) is 1. The summed E-state index contributed by atoms with van der Waals surface area (Å²) in [5.41, 5.74) is 0. The van der Waals surface area contributed by atoms with E-state index >= 15 is 0 Å². The molecule has 2 nitrogen and oxygen atoms in total. The molecular weight excluding hydrogens is 92.1 g/mol. The largest absolute Gasteiger partial charge is 0.447 e. The minimum Gasteiger partial charge on any atom is -0.447 e. The van der Waals surface area contributed by atoms with Gasteiger partial charge in [0.2, 0.25) is 0 Å². The smallest absolute Gasteiger partial charge is 0.112 e. The Bertz CT molecular complexity index is 77.8. The third kappa shape index (κ3) is 5.32. The first kappa shape index (κ1) is 6.32. The van der Waals surface area contributed by atoms with E-state index in [9.17, 15) is 0 Å². The van der Waals surface area contributed by atoms with Crippen molar-refractivity contribution in [2.24, 2.45) is 0 Å². The lowest BCUT2D eigenvalue weighted by molar-refractivity contribution is 0.294. The minimum absolute atomic E-state index is 0.125. The quantitative estimate of drug-likeness (QED) is 0.469. The highest BCUT2D eigenvalue weighted by Crippen LogP contribution is 1.62. The van der Waals surface area contributed by atoms with Crippen LogP contribution < -0.4 is 0 Å². The second-order valence-corrected chi connectivity index (χ2v) is 0.870. The first-order chi connectivity index (χ1) is 3.41. The molecule has 0 unspecified atom stereocenters. The topological polar surface area (TPSA) is 29.5 Å². The summed E-state index contributed by atoms with van der Waals surface area (Å²) in [6, 6.07) is 0. The van der Waals surface area contributed by atoms with Crippen molar-refractivity contribution in [3.63, 3.8) is 0 Å². The van der Waals surface area contributed by atoms with E-state index in [4.69, 9.17) is 5.11 Å². The van der Waals surface area contributed by atoms with Gasteiger partial charge in [0.25, 0.3) is 0 Å². The van der Waals surface area contributed by atoms with Gasteiger partial charge >= 0.3 is 0 Å². The summed E-state index contributed by atoms with van der Waals surface area (Å²) in [6.45, 7) is 2.29. The first-order valence-corrected chi connectivity index (χ1v) is 2.12.